The largest absolute Gasteiger partial charge is 0.324 e. The highest BCUT2D eigenvalue weighted by Crippen LogP contribution is 2.21. The van der Waals surface area contributed by atoms with Gasteiger partial charge in [-0.05, 0) is 25.3 Å². The van der Waals surface area contributed by atoms with Crippen molar-refractivity contribution in [3.05, 3.63) is 35.1 Å². The van der Waals surface area contributed by atoms with Crippen LogP contribution in [0.15, 0.2) is 18.2 Å². The molecule has 0 bridgehead atoms. The van der Waals surface area contributed by atoms with Gasteiger partial charge in [0.05, 0.1) is 0 Å². The summed E-state index contributed by atoms with van der Waals surface area (Å²) in [5.74, 6) is -0.201. The minimum Gasteiger partial charge on any atom is -0.324 e. The molecule has 0 heterocycles. The molecule has 1 aromatic carbocycles. The third-order valence-corrected chi connectivity index (χ3v) is 3.68. The molecule has 0 radical (unpaired) electrons. The van der Waals surface area contributed by atoms with E-state index in [0.717, 1.165) is 0 Å². The van der Waals surface area contributed by atoms with Crippen LogP contribution in [-0.4, -0.2) is 20.4 Å². The van der Waals surface area contributed by atoms with Crippen LogP contribution in [0.1, 0.15) is 30.0 Å². The Kier molecular flexibility index (Phi) is 4.65. The molecule has 0 aliphatic carbocycles. The fraction of sp³-hybridized carbons (Fsp3) is 0.500. The normalized spacial score (nSPS) is 13.6. The molecule has 1 unspecified atom stereocenters. The molecule has 3 nitrogen and oxygen atoms in total. The molecular weight excluding hydrogens is 241 g/mol. The molecule has 0 aliphatic heterocycles. The van der Waals surface area contributed by atoms with E-state index in [1.165, 1.54) is 6.26 Å². The molecular formula is C12H18FNO2S. The van der Waals surface area contributed by atoms with Crippen LogP contribution in [0.3, 0.4) is 0 Å². The molecule has 0 fully saturated rings. The van der Waals surface area contributed by atoms with Crippen molar-refractivity contribution in [2.24, 2.45) is 5.73 Å². The van der Waals surface area contributed by atoms with E-state index >= 15 is 0 Å². The number of hydrogen-bond acceptors (Lipinski definition) is 3. The Morgan fingerprint density at radius 2 is 2.06 bits per heavy atom. The number of benzene rings is 1. The summed E-state index contributed by atoms with van der Waals surface area (Å²) in [6.07, 6.45) is 2.10. The van der Waals surface area contributed by atoms with Gasteiger partial charge in [0.2, 0.25) is 0 Å². The smallest absolute Gasteiger partial charge is 0.147 e. The Bertz CT molecular complexity index is 485. The van der Waals surface area contributed by atoms with E-state index < -0.39 is 15.9 Å². The highest BCUT2D eigenvalue weighted by atomic mass is 32.2. The second-order valence-electron chi connectivity index (χ2n) is 4.36. The minimum atomic E-state index is -2.97. The van der Waals surface area contributed by atoms with Crippen LogP contribution in [0.25, 0.3) is 0 Å². The first-order valence-electron chi connectivity index (χ1n) is 5.49. The van der Waals surface area contributed by atoms with Crippen LogP contribution >= 0.6 is 0 Å². The van der Waals surface area contributed by atoms with E-state index in [-0.39, 0.29) is 11.6 Å². The third kappa shape index (κ3) is 4.44. The second-order valence-corrected chi connectivity index (χ2v) is 6.62. The zero-order valence-corrected chi connectivity index (χ0v) is 10.9. The first-order valence-corrected chi connectivity index (χ1v) is 7.55. The summed E-state index contributed by atoms with van der Waals surface area (Å²) in [7, 11) is -2.97. The van der Waals surface area contributed by atoms with Gasteiger partial charge in [0.1, 0.15) is 15.7 Å². The fourth-order valence-electron chi connectivity index (χ4n) is 1.68. The molecule has 0 amide bonds. The quantitative estimate of drug-likeness (QED) is 0.879. The Morgan fingerprint density at radius 1 is 1.41 bits per heavy atom. The zero-order valence-electron chi connectivity index (χ0n) is 10.1. The Labute approximate surface area is 102 Å². The monoisotopic (exact) mass is 259 g/mol. The summed E-state index contributed by atoms with van der Waals surface area (Å²) in [4.78, 5) is 0. The number of nitrogens with two attached hydrogens (primary N) is 1. The van der Waals surface area contributed by atoms with Gasteiger partial charge in [-0.2, -0.15) is 0 Å². The lowest BCUT2D eigenvalue weighted by Gasteiger charge is -2.13. The van der Waals surface area contributed by atoms with E-state index in [9.17, 15) is 12.8 Å². The van der Waals surface area contributed by atoms with Crippen molar-refractivity contribution >= 4 is 9.84 Å². The molecule has 1 rings (SSSR count). The van der Waals surface area contributed by atoms with E-state index in [2.05, 4.69) is 0 Å². The lowest BCUT2D eigenvalue weighted by atomic mass is 10.0. The summed E-state index contributed by atoms with van der Waals surface area (Å²) < 4.78 is 35.6. The van der Waals surface area contributed by atoms with Gasteiger partial charge < -0.3 is 5.73 Å². The first kappa shape index (κ1) is 14.1. The van der Waals surface area contributed by atoms with E-state index in [4.69, 9.17) is 5.73 Å². The van der Waals surface area contributed by atoms with Crippen molar-refractivity contribution < 1.29 is 12.8 Å². The van der Waals surface area contributed by atoms with Gasteiger partial charge in [0, 0.05) is 23.6 Å². The highest BCUT2D eigenvalue weighted by Gasteiger charge is 2.13. The fourth-order valence-corrected chi connectivity index (χ4v) is 2.37. The first-order chi connectivity index (χ1) is 7.81. The van der Waals surface area contributed by atoms with Crippen LogP contribution < -0.4 is 5.73 Å². The number of hydrogen-bond donors (Lipinski definition) is 1. The number of sulfone groups is 1. The Hall–Kier alpha value is -0.940. The van der Waals surface area contributed by atoms with Crippen LogP contribution in [0.4, 0.5) is 4.39 Å². The van der Waals surface area contributed by atoms with Crippen molar-refractivity contribution in [3.8, 4) is 0 Å². The molecule has 17 heavy (non-hydrogen) atoms. The lowest BCUT2D eigenvalue weighted by molar-refractivity contribution is 0.550. The van der Waals surface area contributed by atoms with Crippen molar-refractivity contribution in [2.45, 2.75) is 25.8 Å². The van der Waals surface area contributed by atoms with Crippen molar-refractivity contribution in [2.75, 3.05) is 12.0 Å². The maximum absolute atomic E-state index is 13.7. The molecule has 96 valence electrons. The summed E-state index contributed by atoms with van der Waals surface area (Å²) >= 11 is 0. The molecule has 0 spiro atoms. The summed E-state index contributed by atoms with van der Waals surface area (Å²) in [6, 6.07) is 4.64. The minimum absolute atomic E-state index is 0.0914. The molecule has 0 saturated heterocycles. The number of aryl methyl sites for hydroxylation is 1. The number of rotatable bonds is 5. The van der Waals surface area contributed by atoms with Crippen LogP contribution in [-0.2, 0) is 9.84 Å². The predicted molar refractivity (Wildman–Crippen MR) is 67.0 cm³/mol. The molecule has 0 aliphatic rings. The third-order valence-electron chi connectivity index (χ3n) is 2.65. The average Bonchev–Trinajstić information content (AvgIpc) is 2.20. The molecule has 1 atom stereocenters. The Morgan fingerprint density at radius 3 is 2.65 bits per heavy atom. The van der Waals surface area contributed by atoms with Crippen molar-refractivity contribution in [1.82, 2.24) is 0 Å². The topological polar surface area (TPSA) is 60.2 Å². The summed E-state index contributed by atoms with van der Waals surface area (Å²) in [6.45, 7) is 1.68. The maximum atomic E-state index is 13.7. The molecule has 5 heteroatoms. The van der Waals surface area contributed by atoms with Gasteiger partial charge in [-0.1, -0.05) is 18.2 Å². The van der Waals surface area contributed by atoms with E-state index in [1.54, 1.807) is 25.1 Å². The molecule has 2 N–H and O–H groups in total. The summed E-state index contributed by atoms with van der Waals surface area (Å²) in [5, 5.41) is 0. The Balaban J connectivity index is 2.64. The highest BCUT2D eigenvalue weighted by molar-refractivity contribution is 7.90. The zero-order chi connectivity index (χ0) is 13.1. The molecule has 0 saturated carbocycles. The van der Waals surface area contributed by atoms with Crippen molar-refractivity contribution in [3.63, 3.8) is 0 Å². The van der Waals surface area contributed by atoms with Gasteiger partial charge in [-0.3, -0.25) is 0 Å². The van der Waals surface area contributed by atoms with Gasteiger partial charge in [-0.25, -0.2) is 12.8 Å². The van der Waals surface area contributed by atoms with Crippen LogP contribution in [0, 0.1) is 12.7 Å². The van der Waals surface area contributed by atoms with E-state index in [1.807, 2.05) is 0 Å². The summed E-state index contributed by atoms with van der Waals surface area (Å²) in [5.41, 5.74) is 6.87. The van der Waals surface area contributed by atoms with Crippen LogP contribution in [0.2, 0.25) is 0 Å². The number of halogens is 1. The average molecular weight is 259 g/mol. The van der Waals surface area contributed by atoms with Gasteiger partial charge >= 0.3 is 0 Å². The van der Waals surface area contributed by atoms with Crippen molar-refractivity contribution in [1.29, 1.82) is 0 Å². The van der Waals surface area contributed by atoms with Gasteiger partial charge in [0.15, 0.2) is 0 Å². The predicted octanol–water partition coefficient (Wildman–Crippen LogP) is 1.96. The lowest BCUT2D eigenvalue weighted by Crippen LogP contribution is -2.14. The standard InChI is InChI=1S/C12H18FNO2S/c1-9-5-3-6-10(12(9)13)11(14)7-4-8-17(2,15)16/h3,5-6,11H,4,7-8,14H2,1-2H3. The van der Waals surface area contributed by atoms with Crippen LogP contribution in [0.5, 0.6) is 0 Å². The SMILES string of the molecule is Cc1cccc(C(N)CCCS(C)(=O)=O)c1F. The van der Waals surface area contributed by atoms with Gasteiger partial charge in [0.25, 0.3) is 0 Å². The maximum Gasteiger partial charge on any atom is 0.147 e. The molecule has 1 aromatic rings. The van der Waals surface area contributed by atoms with E-state index in [0.29, 0.717) is 24.0 Å². The molecule has 0 aromatic heterocycles. The van der Waals surface area contributed by atoms with Gasteiger partial charge in [-0.15, -0.1) is 0 Å². The second kappa shape index (κ2) is 5.60.